The first-order valence-corrected chi connectivity index (χ1v) is 6.77. The van der Waals surface area contributed by atoms with Gasteiger partial charge in [-0.2, -0.15) is 0 Å². The molecular weight excluding hydrogens is 266 g/mol. The molecule has 4 nitrogen and oxygen atoms in total. The van der Waals surface area contributed by atoms with Gasteiger partial charge in [-0.25, -0.2) is 0 Å². The molecule has 0 radical (unpaired) electrons. The summed E-state index contributed by atoms with van der Waals surface area (Å²) < 4.78 is 10.8. The van der Waals surface area contributed by atoms with Gasteiger partial charge < -0.3 is 14.8 Å². The fourth-order valence-electron chi connectivity index (χ4n) is 1.64. The topological polar surface area (TPSA) is 47.6 Å². The molecule has 1 heterocycles. The third-order valence-corrected chi connectivity index (χ3v) is 3.68. The van der Waals surface area contributed by atoms with E-state index >= 15 is 0 Å². The standard InChI is InChI=1S/C14H18ClNO3/c1-14(2,9-15)13(17)16-11-5-3-10(4-6-11)12-18-7-8-19-12/h3-6,12H,7-9H2,1-2H3,(H,16,17). The van der Waals surface area contributed by atoms with Gasteiger partial charge >= 0.3 is 0 Å². The molecule has 2 rings (SSSR count). The van der Waals surface area contributed by atoms with Crippen LogP contribution in [-0.4, -0.2) is 25.0 Å². The van der Waals surface area contributed by atoms with Gasteiger partial charge in [0.2, 0.25) is 5.91 Å². The van der Waals surface area contributed by atoms with Crippen LogP contribution >= 0.6 is 11.6 Å². The predicted molar refractivity (Wildman–Crippen MR) is 74.2 cm³/mol. The molecule has 5 heteroatoms. The van der Waals surface area contributed by atoms with E-state index in [9.17, 15) is 4.79 Å². The average molecular weight is 284 g/mol. The number of nitrogens with one attached hydrogen (secondary N) is 1. The molecule has 1 aromatic rings. The molecule has 1 saturated heterocycles. The molecular formula is C14H18ClNO3. The van der Waals surface area contributed by atoms with Gasteiger partial charge in [-0.3, -0.25) is 4.79 Å². The number of carbonyl (C=O) groups is 1. The second-order valence-corrected chi connectivity index (χ2v) is 5.43. The number of carbonyl (C=O) groups excluding carboxylic acids is 1. The highest BCUT2D eigenvalue weighted by atomic mass is 35.5. The van der Waals surface area contributed by atoms with Gasteiger partial charge in [0.1, 0.15) is 0 Å². The van der Waals surface area contributed by atoms with Crippen LogP contribution in [0.2, 0.25) is 0 Å². The maximum atomic E-state index is 12.0. The van der Waals surface area contributed by atoms with E-state index in [0.29, 0.717) is 13.2 Å². The van der Waals surface area contributed by atoms with Crippen LogP contribution in [0.25, 0.3) is 0 Å². The molecule has 0 bridgehead atoms. The van der Waals surface area contributed by atoms with Crippen molar-refractivity contribution in [1.82, 2.24) is 0 Å². The van der Waals surface area contributed by atoms with E-state index in [1.807, 2.05) is 38.1 Å². The molecule has 104 valence electrons. The monoisotopic (exact) mass is 283 g/mol. The molecule has 0 aliphatic carbocycles. The first-order valence-electron chi connectivity index (χ1n) is 6.23. The van der Waals surface area contributed by atoms with Crippen molar-refractivity contribution in [3.05, 3.63) is 29.8 Å². The number of amides is 1. The zero-order valence-corrected chi connectivity index (χ0v) is 11.9. The van der Waals surface area contributed by atoms with E-state index in [4.69, 9.17) is 21.1 Å². The molecule has 1 fully saturated rings. The minimum Gasteiger partial charge on any atom is -0.346 e. The molecule has 0 saturated carbocycles. The fraction of sp³-hybridized carbons (Fsp3) is 0.500. The highest BCUT2D eigenvalue weighted by molar-refractivity contribution is 6.20. The lowest BCUT2D eigenvalue weighted by molar-refractivity contribution is -0.122. The Morgan fingerprint density at radius 1 is 1.32 bits per heavy atom. The largest absolute Gasteiger partial charge is 0.346 e. The van der Waals surface area contributed by atoms with E-state index in [1.54, 1.807) is 0 Å². The maximum Gasteiger partial charge on any atom is 0.231 e. The molecule has 1 amide bonds. The van der Waals surface area contributed by atoms with Gasteiger partial charge in [-0.1, -0.05) is 12.1 Å². The van der Waals surface area contributed by atoms with Crippen LogP contribution in [0.5, 0.6) is 0 Å². The Morgan fingerprint density at radius 3 is 2.42 bits per heavy atom. The average Bonchev–Trinajstić information content (AvgIpc) is 2.93. The predicted octanol–water partition coefficient (Wildman–Crippen LogP) is 2.94. The van der Waals surface area contributed by atoms with Crippen molar-refractivity contribution in [2.45, 2.75) is 20.1 Å². The van der Waals surface area contributed by atoms with E-state index < -0.39 is 5.41 Å². The van der Waals surface area contributed by atoms with E-state index in [-0.39, 0.29) is 18.1 Å². The Balaban J connectivity index is 2.00. The summed E-state index contributed by atoms with van der Waals surface area (Å²) in [7, 11) is 0. The van der Waals surface area contributed by atoms with Gasteiger partial charge in [0.15, 0.2) is 6.29 Å². The fourth-order valence-corrected chi connectivity index (χ4v) is 1.76. The lowest BCUT2D eigenvalue weighted by Gasteiger charge is -2.20. The Bertz CT molecular complexity index is 439. The first-order chi connectivity index (χ1) is 9.03. The maximum absolute atomic E-state index is 12.0. The number of hydrogen-bond acceptors (Lipinski definition) is 3. The molecule has 1 aliphatic rings. The smallest absolute Gasteiger partial charge is 0.231 e. The van der Waals surface area contributed by atoms with E-state index in [0.717, 1.165) is 11.3 Å². The molecule has 0 aromatic heterocycles. The summed E-state index contributed by atoms with van der Waals surface area (Å²) in [5.41, 5.74) is 1.11. The van der Waals surface area contributed by atoms with Crippen molar-refractivity contribution in [3.63, 3.8) is 0 Å². The molecule has 0 spiro atoms. The molecule has 0 unspecified atom stereocenters. The Kier molecular flexibility index (Phi) is 4.45. The molecule has 1 aliphatic heterocycles. The molecule has 1 aromatic carbocycles. The van der Waals surface area contributed by atoms with Crippen LogP contribution in [0.15, 0.2) is 24.3 Å². The quantitative estimate of drug-likeness (QED) is 0.864. The van der Waals surface area contributed by atoms with Crippen molar-refractivity contribution in [2.75, 3.05) is 24.4 Å². The Labute approximate surface area is 118 Å². The van der Waals surface area contributed by atoms with Crippen molar-refractivity contribution in [3.8, 4) is 0 Å². The van der Waals surface area contributed by atoms with Gasteiger partial charge in [0.05, 0.1) is 18.6 Å². The second-order valence-electron chi connectivity index (χ2n) is 5.17. The number of alkyl halides is 1. The zero-order chi connectivity index (χ0) is 13.9. The summed E-state index contributed by atoms with van der Waals surface area (Å²) in [5.74, 6) is 0.185. The van der Waals surface area contributed by atoms with Crippen LogP contribution in [-0.2, 0) is 14.3 Å². The number of hydrogen-bond donors (Lipinski definition) is 1. The number of rotatable bonds is 4. The number of benzene rings is 1. The zero-order valence-electron chi connectivity index (χ0n) is 11.1. The second kappa shape index (κ2) is 5.90. The lowest BCUT2D eigenvalue weighted by Crippen LogP contribution is -2.32. The SMILES string of the molecule is CC(C)(CCl)C(=O)Nc1ccc(C2OCCO2)cc1. The summed E-state index contributed by atoms with van der Waals surface area (Å²) in [4.78, 5) is 12.0. The minimum atomic E-state index is -0.585. The Hall–Kier alpha value is -1.10. The van der Waals surface area contributed by atoms with Crippen LogP contribution in [0, 0.1) is 5.41 Å². The summed E-state index contributed by atoms with van der Waals surface area (Å²) in [6, 6.07) is 7.45. The van der Waals surface area contributed by atoms with Crippen molar-refractivity contribution in [1.29, 1.82) is 0 Å². The van der Waals surface area contributed by atoms with E-state index in [1.165, 1.54) is 0 Å². The third kappa shape index (κ3) is 3.47. The van der Waals surface area contributed by atoms with Crippen LogP contribution in [0.4, 0.5) is 5.69 Å². The van der Waals surface area contributed by atoms with Gasteiger partial charge in [-0.05, 0) is 26.0 Å². The third-order valence-electron chi connectivity index (χ3n) is 3.01. The van der Waals surface area contributed by atoms with Crippen molar-refractivity contribution in [2.24, 2.45) is 5.41 Å². The van der Waals surface area contributed by atoms with E-state index in [2.05, 4.69) is 5.32 Å². The lowest BCUT2D eigenvalue weighted by atomic mass is 9.95. The number of anilines is 1. The Morgan fingerprint density at radius 2 is 1.89 bits per heavy atom. The van der Waals surface area contributed by atoms with Gasteiger partial charge in [0, 0.05) is 17.1 Å². The van der Waals surface area contributed by atoms with Crippen LogP contribution < -0.4 is 5.32 Å². The normalized spacial score (nSPS) is 16.6. The van der Waals surface area contributed by atoms with Crippen LogP contribution in [0.3, 0.4) is 0 Å². The molecule has 1 N–H and O–H groups in total. The van der Waals surface area contributed by atoms with Crippen molar-refractivity contribution >= 4 is 23.2 Å². The van der Waals surface area contributed by atoms with Gasteiger partial charge in [-0.15, -0.1) is 11.6 Å². The number of halogens is 1. The van der Waals surface area contributed by atoms with Gasteiger partial charge in [0.25, 0.3) is 0 Å². The number of ether oxygens (including phenoxy) is 2. The highest BCUT2D eigenvalue weighted by Gasteiger charge is 2.26. The highest BCUT2D eigenvalue weighted by Crippen LogP contribution is 2.25. The molecule has 19 heavy (non-hydrogen) atoms. The summed E-state index contributed by atoms with van der Waals surface area (Å²) in [6.07, 6.45) is -0.288. The minimum absolute atomic E-state index is 0.0939. The molecule has 0 atom stereocenters. The van der Waals surface area contributed by atoms with Crippen molar-refractivity contribution < 1.29 is 14.3 Å². The first kappa shape index (κ1) is 14.3. The summed E-state index contributed by atoms with van der Waals surface area (Å²) in [5, 5.41) is 2.85. The van der Waals surface area contributed by atoms with Crippen LogP contribution in [0.1, 0.15) is 25.7 Å². The summed E-state index contributed by atoms with van der Waals surface area (Å²) in [6.45, 7) is 4.86. The summed E-state index contributed by atoms with van der Waals surface area (Å²) >= 11 is 5.77.